The van der Waals surface area contributed by atoms with E-state index in [4.69, 9.17) is 17.0 Å². The molecule has 0 radical (unpaired) electrons. The number of amides is 1. The van der Waals surface area contributed by atoms with Crippen LogP contribution in [0.15, 0.2) is 24.3 Å². The second kappa shape index (κ2) is 9.00. The van der Waals surface area contributed by atoms with E-state index in [9.17, 15) is 19.5 Å². The molecule has 3 atom stereocenters. The van der Waals surface area contributed by atoms with E-state index in [2.05, 4.69) is 17.4 Å². The molecule has 2 N–H and O–H groups in total. The lowest BCUT2D eigenvalue weighted by atomic mass is 9.95. The number of carboxylic acid groups (broad SMARTS) is 1. The number of nitrogens with one attached hydrogen (secondary N) is 1. The Labute approximate surface area is 175 Å². The summed E-state index contributed by atoms with van der Waals surface area (Å²) in [6.45, 7) is 3.92. The average molecular weight is 419 g/mol. The number of benzene rings is 1. The molecule has 0 spiro atoms. The number of aliphatic carboxylic acids is 1. The number of nitrogens with zero attached hydrogens (tertiary/aromatic N) is 1. The molecule has 1 aromatic rings. The number of carboxylic acids is 1. The van der Waals surface area contributed by atoms with Crippen LogP contribution in [0.4, 0.5) is 0 Å². The number of hydrogen-bond acceptors (Lipinski definition) is 6. The van der Waals surface area contributed by atoms with E-state index < -0.39 is 30.1 Å². The summed E-state index contributed by atoms with van der Waals surface area (Å²) in [6, 6.07) is 5.57. The lowest BCUT2D eigenvalue weighted by Gasteiger charge is -2.29. The van der Waals surface area contributed by atoms with Crippen molar-refractivity contribution < 1.29 is 24.2 Å². The number of carbonyl (C=O) groups is 3. The van der Waals surface area contributed by atoms with Gasteiger partial charge in [-0.25, -0.2) is 4.79 Å². The number of hydrogen-bond donors (Lipinski definition) is 2. The summed E-state index contributed by atoms with van der Waals surface area (Å²) in [7, 11) is 0. The van der Waals surface area contributed by atoms with E-state index >= 15 is 0 Å². The van der Waals surface area contributed by atoms with Crippen molar-refractivity contribution in [1.29, 1.82) is 0 Å². The van der Waals surface area contributed by atoms with E-state index in [1.165, 1.54) is 16.0 Å². The Morgan fingerprint density at radius 3 is 2.45 bits per heavy atom. The molecular weight excluding hydrogens is 392 g/mol. The average Bonchev–Trinajstić information content (AvgIpc) is 3.28. The van der Waals surface area contributed by atoms with E-state index in [0.29, 0.717) is 11.3 Å². The quantitative estimate of drug-likeness (QED) is 0.510. The smallest absolute Gasteiger partial charge is 0.331 e. The maximum Gasteiger partial charge on any atom is 0.331 e. The number of rotatable bonds is 7. The Morgan fingerprint density at radius 2 is 1.90 bits per heavy atom. The standard InChI is InChI=1S/C21H26N2O5S/c1-3-28-21(27)17(15-10-13-6-4-5-7-14(13)11-15)22-12(2)19(24)23-9-8-16(29)18(23)20(25)26/h4-7,12,15,17-18,22H,3,8-11H2,1-2H3,(H,25,26)/t12-,17?,18-/m0/s1. The molecule has 0 saturated carbocycles. The third-order valence-corrected chi connectivity index (χ3v) is 6.05. The zero-order valence-electron chi connectivity index (χ0n) is 16.6. The second-order valence-corrected chi connectivity index (χ2v) is 8.07. The van der Waals surface area contributed by atoms with Crippen molar-refractivity contribution in [2.75, 3.05) is 13.2 Å². The van der Waals surface area contributed by atoms with Gasteiger partial charge in [-0.3, -0.25) is 14.9 Å². The van der Waals surface area contributed by atoms with E-state index in [1.807, 2.05) is 12.1 Å². The second-order valence-electron chi connectivity index (χ2n) is 7.54. The van der Waals surface area contributed by atoms with Gasteiger partial charge in [0.1, 0.15) is 6.04 Å². The number of carbonyl (C=O) groups excluding carboxylic acids is 2. The molecule has 1 saturated heterocycles. The lowest BCUT2D eigenvalue weighted by Crippen LogP contribution is -2.55. The highest BCUT2D eigenvalue weighted by molar-refractivity contribution is 7.80. The fourth-order valence-electron chi connectivity index (χ4n) is 4.23. The Morgan fingerprint density at radius 1 is 1.28 bits per heavy atom. The number of esters is 1. The molecule has 0 aromatic heterocycles. The molecule has 1 aromatic carbocycles. The Kier molecular flexibility index (Phi) is 6.64. The van der Waals surface area contributed by atoms with Gasteiger partial charge >= 0.3 is 11.9 Å². The predicted molar refractivity (Wildman–Crippen MR) is 111 cm³/mol. The first kappa shape index (κ1) is 21.4. The van der Waals surface area contributed by atoms with Gasteiger partial charge in [0, 0.05) is 11.4 Å². The topological polar surface area (TPSA) is 95.9 Å². The highest BCUT2D eigenvalue weighted by atomic mass is 32.1. The maximum absolute atomic E-state index is 12.9. The Hall–Kier alpha value is -2.32. The molecule has 8 heteroatoms. The van der Waals surface area contributed by atoms with Gasteiger partial charge in [0.15, 0.2) is 6.04 Å². The molecule has 7 nitrogen and oxygen atoms in total. The van der Waals surface area contributed by atoms with Crippen molar-refractivity contribution in [1.82, 2.24) is 10.2 Å². The zero-order valence-corrected chi connectivity index (χ0v) is 17.4. The molecule has 1 unspecified atom stereocenters. The van der Waals surface area contributed by atoms with Gasteiger partial charge in [0.05, 0.1) is 12.6 Å². The van der Waals surface area contributed by atoms with Gasteiger partial charge < -0.3 is 14.7 Å². The third kappa shape index (κ3) is 4.48. The van der Waals surface area contributed by atoms with Gasteiger partial charge in [0.2, 0.25) is 5.91 Å². The number of likely N-dealkylation sites (tertiary alicyclic amines) is 1. The van der Waals surface area contributed by atoms with Crippen molar-refractivity contribution in [3.63, 3.8) is 0 Å². The van der Waals surface area contributed by atoms with E-state index in [-0.39, 0.29) is 25.0 Å². The number of fused-ring (bicyclic) bond motifs is 1. The summed E-state index contributed by atoms with van der Waals surface area (Å²) in [5, 5.41) is 12.5. The number of thiocarbonyl (C=S) groups is 1. The molecule has 1 heterocycles. The van der Waals surface area contributed by atoms with Crippen LogP contribution in [0.2, 0.25) is 0 Å². The maximum atomic E-state index is 12.9. The minimum Gasteiger partial charge on any atom is -0.479 e. The Balaban J connectivity index is 1.74. The van der Waals surface area contributed by atoms with Crippen molar-refractivity contribution in [2.45, 2.75) is 51.2 Å². The first-order valence-corrected chi connectivity index (χ1v) is 10.3. The van der Waals surface area contributed by atoms with Crippen molar-refractivity contribution in [2.24, 2.45) is 5.92 Å². The van der Waals surface area contributed by atoms with Crippen LogP contribution in [-0.2, 0) is 32.0 Å². The molecular formula is C21H26N2O5S. The summed E-state index contributed by atoms with van der Waals surface area (Å²) in [4.78, 5) is 38.8. The molecule has 29 heavy (non-hydrogen) atoms. The van der Waals surface area contributed by atoms with Crippen LogP contribution >= 0.6 is 12.2 Å². The molecule has 1 aliphatic carbocycles. The van der Waals surface area contributed by atoms with Crippen LogP contribution in [0.25, 0.3) is 0 Å². The fourth-order valence-corrected chi connectivity index (χ4v) is 4.54. The molecule has 1 fully saturated rings. The number of ether oxygens (including phenoxy) is 1. The van der Waals surface area contributed by atoms with Gasteiger partial charge in [0.25, 0.3) is 0 Å². The normalized spacial score (nSPS) is 21.0. The first-order chi connectivity index (χ1) is 13.8. The van der Waals surface area contributed by atoms with Gasteiger partial charge in [-0.15, -0.1) is 0 Å². The lowest BCUT2D eigenvalue weighted by molar-refractivity contribution is -0.150. The van der Waals surface area contributed by atoms with Crippen LogP contribution in [0.3, 0.4) is 0 Å². The van der Waals surface area contributed by atoms with Gasteiger partial charge in [-0.2, -0.15) is 0 Å². The minimum atomic E-state index is -1.12. The van der Waals surface area contributed by atoms with Crippen LogP contribution in [0.5, 0.6) is 0 Å². The molecule has 2 aliphatic rings. The summed E-state index contributed by atoms with van der Waals surface area (Å²) >= 11 is 5.12. The summed E-state index contributed by atoms with van der Waals surface area (Å²) in [5.41, 5.74) is 2.40. The monoisotopic (exact) mass is 418 g/mol. The van der Waals surface area contributed by atoms with E-state index in [1.54, 1.807) is 13.8 Å². The summed E-state index contributed by atoms with van der Waals surface area (Å²) in [6.07, 6.45) is 1.84. The summed E-state index contributed by atoms with van der Waals surface area (Å²) < 4.78 is 5.26. The zero-order chi connectivity index (χ0) is 21.1. The van der Waals surface area contributed by atoms with E-state index in [0.717, 1.165) is 12.8 Å². The SMILES string of the molecule is CCOC(=O)C(N[C@@H](C)C(=O)N1CCC(=S)[C@H]1C(=O)O)C1Cc2ccccc2C1. The largest absolute Gasteiger partial charge is 0.479 e. The van der Waals surface area contributed by atoms with Crippen LogP contribution in [-0.4, -0.2) is 64.0 Å². The molecule has 1 aliphatic heterocycles. The van der Waals surface area contributed by atoms with Crippen molar-refractivity contribution >= 4 is 34.9 Å². The van der Waals surface area contributed by atoms with Crippen LogP contribution in [0.1, 0.15) is 31.4 Å². The molecule has 3 rings (SSSR count). The first-order valence-electron chi connectivity index (χ1n) is 9.89. The molecule has 1 amide bonds. The summed E-state index contributed by atoms with van der Waals surface area (Å²) in [5.74, 6) is -1.92. The van der Waals surface area contributed by atoms with Crippen LogP contribution in [0, 0.1) is 5.92 Å². The van der Waals surface area contributed by atoms with Gasteiger partial charge in [-0.1, -0.05) is 36.5 Å². The molecule has 156 valence electrons. The third-order valence-electron chi connectivity index (χ3n) is 5.63. The Bertz CT molecular complexity index is 802. The molecule has 0 bridgehead atoms. The van der Waals surface area contributed by atoms with Crippen LogP contribution < -0.4 is 5.32 Å². The minimum absolute atomic E-state index is 0.0309. The van der Waals surface area contributed by atoms with Crippen molar-refractivity contribution in [3.05, 3.63) is 35.4 Å². The van der Waals surface area contributed by atoms with Gasteiger partial charge in [-0.05, 0) is 50.2 Å². The highest BCUT2D eigenvalue weighted by Crippen LogP contribution is 2.29. The highest BCUT2D eigenvalue weighted by Gasteiger charge is 2.41. The predicted octanol–water partition coefficient (Wildman–Crippen LogP) is 1.37. The fraction of sp³-hybridized carbons (Fsp3) is 0.524. The van der Waals surface area contributed by atoms with Crippen molar-refractivity contribution in [3.8, 4) is 0 Å².